The Bertz CT molecular complexity index is 1560. The molecule has 0 amide bonds. The Morgan fingerprint density at radius 2 is 1.65 bits per heavy atom. The lowest BCUT2D eigenvalue weighted by Gasteiger charge is -2.12. The second kappa shape index (κ2) is 9.11. The minimum absolute atomic E-state index is 0.0501. The normalized spacial score (nSPS) is 10.9. The summed E-state index contributed by atoms with van der Waals surface area (Å²) in [5.41, 5.74) is 3.39. The summed E-state index contributed by atoms with van der Waals surface area (Å²) in [4.78, 5) is 34.1. The van der Waals surface area contributed by atoms with Crippen LogP contribution in [0.4, 0.5) is 0 Å². The zero-order chi connectivity index (χ0) is 23.5. The minimum Gasteiger partial charge on any atom is -0.504 e. The molecule has 5 rings (SSSR count). The average Bonchev–Trinajstić information content (AvgIpc) is 2.86. The molecule has 0 aliphatic heterocycles. The molecule has 3 aromatic heterocycles. The second-order valence-corrected chi connectivity index (χ2v) is 8.09. The summed E-state index contributed by atoms with van der Waals surface area (Å²) in [5, 5.41) is 11.4. The van der Waals surface area contributed by atoms with Crippen LogP contribution in [0.1, 0.15) is 32.7 Å². The summed E-state index contributed by atoms with van der Waals surface area (Å²) in [6, 6.07) is 24.0. The van der Waals surface area contributed by atoms with Gasteiger partial charge in [0.1, 0.15) is 5.52 Å². The molecule has 0 atom stereocenters. The van der Waals surface area contributed by atoms with Crippen LogP contribution in [0.5, 0.6) is 5.75 Å². The van der Waals surface area contributed by atoms with Crippen LogP contribution in [0.3, 0.4) is 0 Å². The van der Waals surface area contributed by atoms with Gasteiger partial charge in [-0.15, -0.1) is 0 Å². The molecule has 1 N–H and O–H groups in total. The number of hydrogen-bond acceptors (Lipinski definition) is 5. The molecular weight excluding hydrogens is 426 g/mol. The molecule has 3 heterocycles. The molecule has 5 aromatic rings. The smallest absolute Gasteiger partial charge is 0.250 e. The van der Waals surface area contributed by atoms with E-state index in [0.717, 1.165) is 16.7 Å². The van der Waals surface area contributed by atoms with Crippen molar-refractivity contribution < 1.29 is 9.90 Å². The van der Waals surface area contributed by atoms with Crippen molar-refractivity contribution in [2.75, 3.05) is 0 Å². The topological polar surface area (TPSA) is 85.1 Å². The highest BCUT2D eigenvalue weighted by Crippen LogP contribution is 2.27. The van der Waals surface area contributed by atoms with Crippen LogP contribution in [-0.2, 0) is 13.0 Å². The Balaban J connectivity index is 1.58. The Hall–Kier alpha value is -4.58. The zero-order valence-corrected chi connectivity index (χ0v) is 18.3. The number of hydrogen-bond donors (Lipinski definition) is 1. The summed E-state index contributed by atoms with van der Waals surface area (Å²) >= 11 is 0. The van der Waals surface area contributed by atoms with Gasteiger partial charge < -0.3 is 9.67 Å². The minimum atomic E-state index is -0.401. The average molecular weight is 447 g/mol. The molecule has 0 radical (unpaired) electrons. The third-order valence-electron chi connectivity index (χ3n) is 5.65. The summed E-state index contributed by atoms with van der Waals surface area (Å²) in [6.45, 7) is 0.321. The number of fused-ring (bicyclic) bond motifs is 1. The van der Waals surface area contributed by atoms with Crippen LogP contribution in [0.15, 0.2) is 102 Å². The molecule has 2 aromatic carbocycles. The van der Waals surface area contributed by atoms with Gasteiger partial charge in [-0.3, -0.25) is 14.6 Å². The molecule has 6 nitrogen and oxygen atoms in total. The molecule has 34 heavy (non-hydrogen) atoms. The van der Waals surface area contributed by atoms with Crippen molar-refractivity contribution in [1.29, 1.82) is 0 Å². The Labute approximate surface area is 195 Å². The van der Waals surface area contributed by atoms with E-state index in [1.165, 1.54) is 12.3 Å². The predicted molar refractivity (Wildman–Crippen MR) is 130 cm³/mol. The third-order valence-corrected chi connectivity index (χ3v) is 5.65. The van der Waals surface area contributed by atoms with Gasteiger partial charge in [-0.25, -0.2) is 4.98 Å². The molecule has 0 saturated carbocycles. The van der Waals surface area contributed by atoms with Crippen molar-refractivity contribution in [2.45, 2.75) is 13.0 Å². The summed E-state index contributed by atoms with van der Waals surface area (Å²) in [7, 11) is 0. The number of nitrogens with zero attached hydrogens (tertiary/aromatic N) is 3. The summed E-state index contributed by atoms with van der Waals surface area (Å²) < 4.78 is 1.59. The van der Waals surface area contributed by atoms with Crippen LogP contribution in [-0.4, -0.2) is 25.4 Å². The summed E-state index contributed by atoms with van der Waals surface area (Å²) in [6.07, 6.45) is 5.44. The van der Waals surface area contributed by atoms with Crippen LogP contribution in [0.25, 0.3) is 10.9 Å². The Morgan fingerprint density at radius 1 is 0.853 bits per heavy atom. The van der Waals surface area contributed by atoms with Crippen molar-refractivity contribution >= 4 is 16.7 Å². The van der Waals surface area contributed by atoms with Crippen LogP contribution in [0.2, 0.25) is 0 Å². The van der Waals surface area contributed by atoms with Crippen molar-refractivity contribution in [3.05, 3.63) is 136 Å². The number of ketones is 1. The van der Waals surface area contributed by atoms with E-state index < -0.39 is 5.78 Å². The van der Waals surface area contributed by atoms with Gasteiger partial charge in [0.2, 0.25) is 5.78 Å². The van der Waals surface area contributed by atoms with Gasteiger partial charge in [0.25, 0.3) is 5.56 Å². The van der Waals surface area contributed by atoms with Crippen LogP contribution >= 0.6 is 0 Å². The predicted octanol–water partition coefficient (Wildman–Crippen LogP) is 4.37. The molecule has 0 fully saturated rings. The lowest BCUT2D eigenvalue weighted by molar-refractivity contribution is 0.103. The number of aromatic nitrogens is 3. The Kier molecular flexibility index (Phi) is 5.70. The third kappa shape index (κ3) is 4.34. The Morgan fingerprint density at radius 3 is 2.47 bits per heavy atom. The lowest BCUT2D eigenvalue weighted by Crippen LogP contribution is -2.18. The first-order valence-corrected chi connectivity index (χ1v) is 10.9. The van der Waals surface area contributed by atoms with E-state index in [-0.39, 0.29) is 17.0 Å². The van der Waals surface area contributed by atoms with E-state index >= 15 is 0 Å². The maximum absolute atomic E-state index is 13.5. The molecule has 0 spiro atoms. The van der Waals surface area contributed by atoms with Gasteiger partial charge in [0.05, 0.1) is 6.54 Å². The van der Waals surface area contributed by atoms with E-state index in [9.17, 15) is 14.7 Å². The van der Waals surface area contributed by atoms with E-state index in [1.54, 1.807) is 47.3 Å². The zero-order valence-electron chi connectivity index (χ0n) is 18.3. The largest absolute Gasteiger partial charge is 0.504 e. The van der Waals surface area contributed by atoms with Crippen molar-refractivity contribution in [1.82, 2.24) is 14.5 Å². The quantitative estimate of drug-likeness (QED) is 0.391. The number of carbonyl (C=O) groups is 1. The molecule has 166 valence electrons. The summed E-state index contributed by atoms with van der Waals surface area (Å²) in [5.74, 6) is -0.640. The van der Waals surface area contributed by atoms with Gasteiger partial charge in [0.15, 0.2) is 11.4 Å². The van der Waals surface area contributed by atoms with E-state index in [2.05, 4.69) is 9.97 Å². The number of pyridine rings is 3. The molecule has 0 unspecified atom stereocenters. The fourth-order valence-corrected chi connectivity index (χ4v) is 4.04. The molecule has 0 saturated heterocycles. The van der Waals surface area contributed by atoms with Crippen molar-refractivity contribution in [3.63, 3.8) is 0 Å². The monoisotopic (exact) mass is 447 g/mol. The van der Waals surface area contributed by atoms with Gasteiger partial charge in [-0.1, -0.05) is 42.5 Å². The highest BCUT2D eigenvalue weighted by atomic mass is 16.3. The highest BCUT2D eigenvalue weighted by molar-refractivity contribution is 6.11. The SMILES string of the molecule is O=C(c1cc(Cc2ccccc2)cc(Cn2ccccc2=O)c1)c1ncc2cccnc2c1O. The first-order chi connectivity index (χ1) is 16.6. The fraction of sp³-hybridized carbons (Fsp3) is 0.0714. The van der Waals surface area contributed by atoms with Crippen molar-refractivity contribution in [2.24, 2.45) is 0 Å². The first-order valence-electron chi connectivity index (χ1n) is 10.9. The first kappa shape index (κ1) is 21.3. The van der Waals surface area contributed by atoms with E-state index in [1.807, 2.05) is 42.5 Å². The van der Waals surface area contributed by atoms with Gasteiger partial charge >= 0.3 is 0 Å². The maximum Gasteiger partial charge on any atom is 0.250 e. The van der Waals surface area contributed by atoms with Gasteiger partial charge in [0, 0.05) is 35.6 Å². The number of carbonyl (C=O) groups excluding carboxylic acids is 1. The molecule has 0 bridgehead atoms. The number of aromatic hydroxyl groups is 1. The molecular formula is C28H21N3O3. The van der Waals surface area contributed by atoms with Crippen LogP contribution < -0.4 is 5.56 Å². The van der Waals surface area contributed by atoms with E-state index in [0.29, 0.717) is 29.4 Å². The standard InChI is InChI=1S/C28H21N3O3/c32-24-10-4-5-12-31(24)18-21-14-20(13-19-7-2-1-3-8-19)15-23(16-21)27(33)26-28(34)25-22(17-30-26)9-6-11-29-25/h1-12,14-17,34H,13,18H2. The second-order valence-electron chi connectivity index (χ2n) is 8.09. The van der Waals surface area contributed by atoms with E-state index in [4.69, 9.17) is 0 Å². The molecule has 0 aliphatic carbocycles. The van der Waals surface area contributed by atoms with Crippen LogP contribution in [0, 0.1) is 0 Å². The highest BCUT2D eigenvalue weighted by Gasteiger charge is 2.19. The van der Waals surface area contributed by atoms with Gasteiger partial charge in [-0.2, -0.15) is 0 Å². The maximum atomic E-state index is 13.5. The number of benzene rings is 2. The van der Waals surface area contributed by atoms with Gasteiger partial charge in [-0.05, 0) is 53.4 Å². The molecule has 0 aliphatic rings. The fourth-order valence-electron chi connectivity index (χ4n) is 4.04. The number of rotatable bonds is 6. The lowest BCUT2D eigenvalue weighted by atomic mass is 9.96. The van der Waals surface area contributed by atoms with Crippen molar-refractivity contribution in [3.8, 4) is 5.75 Å². The molecule has 6 heteroatoms.